The summed E-state index contributed by atoms with van der Waals surface area (Å²) in [6.07, 6.45) is 0.628. The number of benzene rings is 1. The van der Waals surface area contributed by atoms with E-state index >= 15 is 0 Å². The van der Waals surface area contributed by atoms with Crippen LogP contribution in [-0.4, -0.2) is 23.8 Å². The van der Waals surface area contributed by atoms with E-state index in [1.165, 1.54) is 0 Å². The standard InChI is InChI=1S/C14H21NO2S/c1-14(2,3)17-9-8-16-12-6-4-11(5-7-12)10-13(15)18/h4-7H,8-10H2,1-3H3,(H2,15,18). The summed E-state index contributed by atoms with van der Waals surface area (Å²) in [5.41, 5.74) is 6.46. The molecule has 0 amide bonds. The number of hydrogen-bond acceptors (Lipinski definition) is 3. The molecule has 0 saturated heterocycles. The zero-order valence-corrected chi connectivity index (χ0v) is 12.0. The van der Waals surface area contributed by atoms with Gasteiger partial charge in [-0.15, -0.1) is 0 Å². The van der Waals surface area contributed by atoms with Crippen LogP contribution in [0.25, 0.3) is 0 Å². The van der Waals surface area contributed by atoms with Gasteiger partial charge in [0.05, 0.1) is 17.2 Å². The van der Waals surface area contributed by atoms with Crippen molar-refractivity contribution in [3.8, 4) is 5.75 Å². The third kappa shape index (κ3) is 6.57. The van der Waals surface area contributed by atoms with Crippen molar-refractivity contribution in [2.24, 2.45) is 5.73 Å². The fourth-order valence-corrected chi connectivity index (χ4v) is 1.58. The molecule has 1 rings (SSSR count). The molecule has 0 saturated carbocycles. The zero-order chi connectivity index (χ0) is 13.6. The Morgan fingerprint density at radius 1 is 1.17 bits per heavy atom. The van der Waals surface area contributed by atoms with Gasteiger partial charge in [0.15, 0.2) is 0 Å². The second-order valence-electron chi connectivity index (χ2n) is 5.10. The Morgan fingerprint density at radius 2 is 1.78 bits per heavy atom. The van der Waals surface area contributed by atoms with Crippen LogP contribution < -0.4 is 10.5 Å². The lowest BCUT2D eigenvalue weighted by Gasteiger charge is -2.19. The maximum atomic E-state index is 5.57. The highest BCUT2D eigenvalue weighted by Gasteiger charge is 2.09. The smallest absolute Gasteiger partial charge is 0.119 e. The van der Waals surface area contributed by atoms with Crippen molar-refractivity contribution in [2.45, 2.75) is 32.8 Å². The molecule has 1 aromatic carbocycles. The summed E-state index contributed by atoms with van der Waals surface area (Å²) in [5, 5.41) is 0. The van der Waals surface area contributed by atoms with E-state index in [2.05, 4.69) is 0 Å². The molecule has 1 aromatic rings. The molecule has 0 aromatic heterocycles. The monoisotopic (exact) mass is 267 g/mol. The summed E-state index contributed by atoms with van der Waals surface area (Å²) >= 11 is 4.86. The van der Waals surface area contributed by atoms with Crippen LogP contribution in [-0.2, 0) is 11.2 Å². The van der Waals surface area contributed by atoms with Crippen molar-refractivity contribution in [3.05, 3.63) is 29.8 Å². The Bertz CT molecular complexity index is 382. The molecule has 3 nitrogen and oxygen atoms in total. The number of ether oxygens (including phenoxy) is 2. The van der Waals surface area contributed by atoms with Gasteiger partial charge in [0.2, 0.25) is 0 Å². The van der Waals surface area contributed by atoms with Crippen LogP contribution in [0.15, 0.2) is 24.3 Å². The zero-order valence-electron chi connectivity index (χ0n) is 11.2. The molecule has 0 bridgehead atoms. The van der Waals surface area contributed by atoms with Gasteiger partial charge in [0, 0.05) is 6.42 Å². The number of nitrogens with two attached hydrogens (primary N) is 1. The Hall–Kier alpha value is -1.13. The molecular weight excluding hydrogens is 246 g/mol. The molecule has 0 aliphatic carbocycles. The topological polar surface area (TPSA) is 44.5 Å². The maximum absolute atomic E-state index is 5.57. The summed E-state index contributed by atoms with van der Waals surface area (Å²) in [7, 11) is 0. The van der Waals surface area contributed by atoms with Gasteiger partial charge in [-0.3, -0.25) is 0 Å². The molecule has 2 N–H and O–H groups in total. The fraction of sp³-hybridized carbons (Fsp3) is 0.500. The highest BCUT2D eigenvalue weighted by atomic mass is 32.1. The van der Waals surface area contributed by atoms with Crippen molar-refractivity contribution in [1.82, 2.24) is 0 Å². The van der Waals surface area contributed by atoms with Crippen molar-refractivity contribution in [3.63, 3.8) is 0 Å². The Kier molecular flexibility index (Phi) is 5.56. The number of hydrogen-bond donors (Lipinski definition) is 1. The van der Waals surface area contributed by atoms with Crippen LogP contribution in [0, 0.1) is 0 Å². The highest BCUT2D eigenvalue weighted by molar-refractivity contribution is 7.80. The molecule has 0 radical (unpaired) electrons. The van der Waals surface area contributed by atoms with Crippen LogP contribution in [0.1, 0.15) is 26.3 Å². The summed E-state index contributed by atoms with van der Waals surface area (Å²) in [4.78, 5) is 0.502. The van der Waals surface area contributed by atoms with Crippen molar-refractivity contribution < 1.29 is 9.47 Å². The third-order valence-electron chi connectivity index (χ3n) is 2.19. The Morgan fingerprint density at radius 3 is 2.28 bits per heavy atom. The van der Waals surface area contributed by atoms with Crippen molar-refractivity contribution >= 4 is 17.2 Å². The van der Waals surface area contributed by atoms with Gasteiger partial charge in [0.1, 0.15) is 12.4 Å². The summed E-state index contributed by atoms with van der Waals surface area (Å²) in [5.74, 6) is 0.833. The first-order chi connectivity index (χ1) is 8.37. The highest BCUT2D eigenvalue weighted by Crippen LogP contribution is 2.13. The van der Waals surface area contributed by atoms with Gasteiger partial charge in [-0.05, 0) is 38.5 Å². The van der Waals surface area contributed by atoms with Gasteiger partial charge in [-0.1, -0.05) is 24.4 Å². The summed E-state index contributed by atoms with van der Waals surface area (Å²) < 4.78 is 11.1. The van der Waals surface area contributed by atoms with Crippen LogP contribution >= 0.6 is 12.2 Å². The average molecular weight is 267 g/mol. The van der Waals surface area contributed by atoms with Crippen LogP contribution in [0.2, 0.25) is 0 Å². The molecule has 0 heterocycles. The molecule has 0 spiro atoms. The van der Waals surface area contributed by atoms with Gasteiger partial charge in [0.25, 0.3) is 0 Å². The minimum atomic E-state index is -0.121. The molecule has 0 fully saturated rings. The second-order valence-corrected chi connectivity index (χ2v) is 5.62. The quantitative estimate of drug-likeness (QED) is 0.636. The van der Waals surface area contributed by atoms with E-state index in [4.69, 9.17) is 27.4 Å². The van der Waals surface area contributed by atoms with E-state index in [9.17, 15) is 0 Å². The largest absolute Gasteiger partial charge is 0.491 e. The molecule has 100 valence electrons. The van der Waals surface area contributed by atoms with Crippen LogP contribution in [0.5, 0.6) is 5.75 Å². The second kappa shape index (κ2) is 6.71. The predicted molar refractivity (Wildman–Crippen MR) is 78.1 cm³/mol. The van der Waals surface area contributed by atoms with E-state index in [0.717, 1.165) is 11.3 Å². The maximum Gasteiger partial charge on any atom is 0.119 e. The lowest BCUT2D eigenvalue weighted by molar-refractivity contribution is -0.0163. The van der Waals surface area contributed by atoms with E-state index in [-0.39, 0.29) is 5.60 Å². The Balaban J connectivity index is 2.33. The molecule has 0 atom stereocenters. The number of thiocarbonyl (C=S) groups is 1. The molecule has 0 aliphatic rings. The summed E-state index contributed by atoms with van der Waals surface area (Å²) in [6.45, 7) is 7.20. The summed E-state index contributed by atoms with van der Waals surface area (Å²) in [6, 6.07) is 7.79. The van der Waals surface area contributed by atoms with E-state index < -0.39 is 0 Å². The van der Waals surface area contributed by atoms with Gasteiger partial charge < -0.3 is 15.2 Å². The SMILES string of the molecule is CC(C)(C)OCCOc1ccc(CC(N)=S)cc1. The fourth-order valence-electron chi connectivity index (χ4n) is 1.41. The predicted octanol–water partition coefficient (Wildman–Crippen LogP) is 2.71. The lowest BCUT2D eigenvalue weighted by Crippen LogP contribution is -2.22. The van der Waals surface area contributed by atoms with Crippen LogP contribution in [0.3, 0.4) is 0 Å². The average Bonchev–Trinajstić information content (AvgIpc) is 2.24. The molecular formula is C14H21NO2S. The minimum absolute atomic E-state index is 0.121. The van der Waals surface area contributed by atoms with Gasteiger partial charge in [-0.2, -0.15) is 0 Å². The number of rotatable bonds is 6. The first-order valence-corrected chi connectivity index (χ1v) is 6.42. The lowest BCUT2D eigenvalue weighted by atomic mass is 10.1. The molecule has 4 heteroatoms. The van der Waals surface area contributed by atoms with E-state index in [0.29, 0.717) is 24.6 Å². The van der Waals surface area contributed by atoms with Crippen molar-refractivity contribution in [2.75, 3.05) is 13.2 Å². The van der Waals surface area contributed by atoms with Gasteiger partial charge in [-0.25, -0.2) is 0 Å². The first-order valence-electron chi connectivity index (χ1n) is 6.01. The van der Waals surface area contributed by atoms with Crippen molar-refractivity contribution in [1.29, 1.82) is 0 Å². The van der Waals surface area contributed by atoms with E-state index in [1.807, 2.05) is 45.0 Å². The minimum Gasteiger partial charge on any atom is -0.491 e. The third-order valence-corrected chi connectivity index (χ3v) is 2.33. The van der Waals surface area contributed by atoms with E-state index in [1.54, 1.807) is 0 Å². The Labute approximate surface area is 114 Å². The molecule has 18 heavy (non-hydrogen) atoms. The molecule has 0 aliphatic heterocycles. The van der Waals surface area contributed by atoms with Gasteiger partial charge >= 0.3 is 0 Å². The first kappa shape index (κ1) is 14.9. The van der Waals surface area contributed by atoms with Crippen LogP contribution in [0.4, 0.5) is 0 Å². The normalized spacial score (nSPS) is 11.3. The molecule has 0 unspecified atom stereocenters.